The summed E-state index contributed by atoms with van der Waals surface area (Å²) in [5.41, 5.74) is 0.406. The molecule has 37 heavy (non-hydrogen) atoms. The maximum Gasteiger partial charge on any atom is 0.352 e. The first-order chi connectivity index (χ1) is 17.9. The van der Waals surface area contributed by atoms with Crippen LogP contribution >= 0.6 is 34.9 Å². The molecule has 3 amide bonds. The van der Waals surface area contributed by atoms with Gasteiger partial charge in [-0.1, -0.05) is 23.8 Å². The molecule has 2 aromatic rings. The van der Waals surface area contributed by atoms with Gasteiger partial charge in [0.1, 0.15) is 29.9 Å². The summed E-state index contributed by atoms with van der Waals surface area (Å²) in [5, 5.41) is 31.9. The highest BCUT2D eigenvalue weighted by atomic mass is 32.2. The molecule has 2 aromatic heterocycles. The molecular weight excluding hydrogens is 546 g/mol. The first-order valence-electron chi connectivity index (χ1n) is 10.8. The molecule has 4 rings (SSSR count). The molecular formula is C19H21N9O6S3. The van der Waals surface area contributed by atoms with E-state index in [2.05, 4.69) is 36.3 Å². The van der Waals surface area contributed by atoms with E-state index in [1.54, 1.807) is 4.68 Å². The van der Waals surface area contributed by atoms with Gasteiger partial charge >= 0.3 is 5.97 Å². The third-order valence-corrected chi connectivity index (χ3v) is 8.33. The minimum atomic E-state index is -1.23. The molecule has 2 aliphatic rings. The van der Waals surface area contributed by atoms with Gasteiger partial charge in [0.15, 0.2) is 10.8 Å². The summed E-state index contributed by atoms with van der Waals surface area (Å²) >= 11 is 3.72. The van der Waals surface area contributed by atoms with Crippen molar-refractivity contribution in [2.24, 2.45) is 5.16 Å². The number of nitrogens with zero attached hydrogens (tertiary/aromatic N) is 7. The third-order valence-electron chi connectivity index (χ3n) is 5.17. The number of fused-ring (bicyclic) bond motifs is 1. The molecule has 0 aromatic carbocycles. The highest BCUT2D eigenvalue weighted by Crippen LogP contribution is 2.41. The zero-order chi connectivity index (χ0) is 26.5. The number of carbonyl (C=O) groups is 4. The Labute approximate surface area is 222 Å². The number of β-lactam (4-membered cyclic amide) rings is 1. The molecule has 15 nitrogen and oxygen atoms in total. The fourth-order valence-corrected chi connectivity index (χ4v) is 6.65. The van der Waals surface area contributed by atoms with Crippen molar-refractivity contribution in [2.45, 2.75) is 36.5 Å². The second kappa shape index (κ2) is 11.7. The molecule has 1 unspecified atom stereocenters. The van der Waals surface area contributed by atoms with Crippen LogP contribution in [0.4, 0.5) is 5.13 Å². The van der Waals surface area contributed by atoms with Gasteiger partial charge in [0.05, 0.1) is 0 Å². The topological polar surface area (TPSA) is 194 Å². The Morgan fingerprint density at radius 2 is 2.24 bits per heavy atom. The third kappa shape index (κ3) is 5.44. The van der Waals surface area contributed by atoms with E-state index in [0.717, 1.165) is 17.8 Å². The summed E-state index contributed by atoms with van der Waals surface area (Å²) in [6, 6.07) is -0.967. The second-order valence-electron chi connectivity index (χ2n) is 7.51. The molecule has 4 heterocycles. The molecule has 2 atom stereocenters. The number of thiazole rings is 1. The maximum atomic E-state index is 13.0. The fraction of sp³-hybridized carbons (Fsp3) is 0.421. The SMILES string of the molecule is CCCn1nnnc1SCC1=C(C(=O)O)N2C(=O)C(NC(=O)C(=NOC)c3csc(NC=O)n3)[C@H]2SC1. The van der Waals surface area contributed by atoms with E-state index >= 15 is 0 Å². The number of aliphatic carboxylic acids is 1. The normalized spacial score (nSPS) is 19.2. The van der Waals surface area contributed by atoms with Crippen LogP contribution in [0.2, 0.25) is 0 Å². The van der Waals surface area contributed by atoms with Crippen molar-refractivity contribution in [3.8, 4) is 0 Å². The predicted molar refractivity (Wildman–Crippen MR) is 134 cm³/mol. The number of carboxylic acid groups (broad SMARTS) is 1. The molecule has 0 aliphatic carbocycles. The number of amides is 3. The molecule has 0 bridgehead atoms. The quantitative estimate of drug-likeness (QED) is 0.102. The number of aromatic nitrogens is 5. The molecule has 0 radical (unpaired) electrons. The van der Waals surface area contributed by atoms with E-state index in [9.17, 15) is 24.3 Å². The van der Waals surface area contributed by atoms with Crippen molar-refractivity contribution in [3.63, 3.8) is 0 Å². The first-order valence-corrected chi connectivity index (χ1v) is 13.7. The highest BCUT2D eigenvalue weighted by molar-refractivity contribution is 8.01. The molecule has 196 valence electrons. The number of carbonyl (C=O) groups excluding carboxylic acids is 3. The zero-order valence-electron chi connectivity index (χ0n) is 19.5. The largest absolute Gasteiger partial charge is 0.477 e. The van der Waals surface area contributed by atoms with Crippen LogP contribution in [-0.2, 0) is 30.6 Å². The van der Waals surface area contributed by atoms with E-state index in [1.807, 2.05) is 6.92 Å². The molecule has 3 N–H and O–H groups in total. The lowest BCUT2D eigenvalue weighted by molar-refractivity contribution is -0.150. The van der Waals surface area contributed by atoms with Gasteiger partial charge < -0.3 is 20.6 Å². The van der Waals surface area contributed by atoms with Gasteiger partial charge in [0.25, 0.3) is 11.8 Å². The lowest BCUT2D eigenvalue weighted by Gasteiger charge is -2.49. The van der Waals surface area contributed by atoms with Crippen LogP contribution in [0, 0.1) is 0 Å². The van der Waals surface area contributed by atoms with E-state index < -0.39 is 29.2 Å². The van der Waals surface area contributed by atoms with E-state index in [1.165, 1.54) is 40.9 Å². The number of hydrogen-bond donors (Lipinski definition) is 3. The van der Waals surface area contributed by atoms with Gasteiger partial charge in [-0.3, -0.25) is 19.3 Å². The average Bonchev–Trinajstić information content (AvgIpc) is 3.53. The number of tetrazole rings is 1. The zero-order valence-corrected chi connectivity index (χ0v) is 21.9. The lowest BCUT2D eigenvalue weighted by atomic mass is 10.0. The number of nitrogens with one attached hydrogen (secondary N) is 2. The van der Waals surface area contributed by atoms with Gasteiger partial charge in [-0.05, 0) is 22.4 Å². The van der Waals surface area contributed by atoms with Crippen molar-refractivity contribution in [1.82, 2.24) is 35.4 Å². The Morgan fingerprint density at radius 3 is 2.95 bits per heavy atom. The monoisotopic (exact) mass is 567 g/mol. The molecule has 0 saturated carbocycles. The average molecular weight is 568 g/mol. The minimum Gasteiger partial charge on any atom is -0.477 e. The molecule has 1 fully saturated rings. The van der Waals surface area contributed by atoms with Crippen LogP contribution in [0.5, 0.6) is 0 Å². The Morgan fingerprint density at radius 1 is 1.43 bits per heavy atom. The van der Waals surface area contributed by atoms with Crippen molar-refractivity contribution < 1.29 is 29.1 Å². The number of anilines is 1. The van der Waals surface area contributed by atoms with Crippen LogP contribution in [-0.4, -0.2) is 95.1 Å². The Kier molecular flexibility index (Phi) is 8.39. The van der Waals surface area contributed by atoms with Crippen molar-refractivity contribution in [1.29, 1.82) is 0 Å². The number of aryl methyl sites for hydroxylation is 1. The summed E-state index contributed by atoms with van der Waals surface area (Å²) < 4.78 is 1.64. The molecule has 1 saturated heterocycles. The molecule has 2 aliphatic heterocycles. The number of hydrogen-bond acceptors (Lipinski definition) is 13. The first kappa shape index (κ1) is 26.6. The number of rotatable bonds is 12. The predicted octanol–water partition coefficient (Wildman–Crippen LogP) is -0.0107. The smallest absolute Gasteiger partial charge is 0.352 e. The highest BCUT2D eigenvalue weighted by Gasteiger charge is 2.54. The van der Waals surface area contributed by atoms with Gasteiger partial charge in [-0.2, -0.15) is 0 Å². The molecule has 0 spiro atoms. The standard InChI is InChI=1S/C19H21N9O6S3/c1-3-4-27-19(23-25-26-27)37-6-9-5-35-16-12(15(31)28(16)13(9)17(32)33)22-14(30)11(24-34-2)10-7-36-18(21-10)20-8-29/h7-8,12,16H,3-6H2,1-2H3,(H,22,30)(H,32,33)(H,20,21,29)/t12?,16-/m1/s1. The van der Waals surface area contributed by atoms with E-state index in [0.29, 0.717) is 29.4 Å². The van der Waals surface area contributed by atoms with Crippen LogP contribution < -0.4 is 10.6 Å². The van der Waals surface area contributed by atoms with E-state index in [4.69, 9.17) is 4.84 Å². The van der Waals surface area contributed by atoms with Gasteiger partial charge in [0.2, 0.25) is 11.6 Å². The Bertz CT molecular complexity index is 1280. The van der Waals surface area contributed by atoms with Crippen LogP contribution in [0.15, 0.2) is 27.0 Å². The number of thioether (sulfide) groups is 2. The van der Waals surface area contributed by atoms with Crippen LogP contribution in [0.3, 0.4) is 0 Å². The summed E-state index contributed by atoms with van der Waals surface area (Å²) in [5.74, 6) is -1.88. The van der Waals surface area contributed by atoms with Gasteiger partial charge in [-0.15, -0.1) is 28.2 Å². The van der Waals surface area contributed by atoms with Crippen LogP contribution in [0.25, 0.3) is 0 Å². The van der Waals surface area contributed by atoms with Gasteiger partial charge in [-0.25, -0.2) is 14.5 Å². The summed E-state index contributed by atoms with van der Waals surface area (Å²) in [4.78, 5) is 58.7. The summed E-state index contributed by atoms with van der Waals surface area (Å²) in [7, 11) is 1.25. The Balaban J connectivity index is 1.47. The lowest BCUT2D eigenvalue weighted by Crippen LogP contribution is -2.71. The number of carboxylic acids is 1. The Hall–Kier alpha value is -3.51. The maximum absolute atomic E-state index is 13.0. The van der Waals surface area contributed by atoms with Crippen LogP contribution in [0.1, 0.15) is 19.0 Å². The van der Waals surface area contributed by atoms with Crippen molar-refractivity contribution in [2.75, 3.05) is 23.9 Å². The van der Waals surface area contributed by atoms with Crippen molar-refractivity contribution in [3.05, 3.63) is 22.3 Å². The van der Waals surface area contributed by atoms with Gasteiger partial charge in [0, 0.05) is 23.4 Å². The van der Waals surface area contributed by atoms with E-state index in [-0.39, 0.29) is 28.0 Å². The minimum absolute atomic E-state index is 0.101. The fourth-order valence-electron chi connectivity index (χ4n) is 3.60. The second-order valence-corrected chi connectivity index (χ2v) is 10.4. The molecule has 18 heteroatoms. The number of oxime groups is 1. The summed E-state index contributed by atoms with van der Waals surface area (Å²) in [6.07, 6.45) is 1.29. The summed E-state index contributed by atoms with van der Waals surface area (Å²) in [6.45, 7) is 2.63. The van der Waals surface area contributed by atoms with Crippen molar-refractivity contribution >= 4 is 69.9 Å².